The molecule has 0 saturated heterocycles. The average Bonchev–Trinajstić information content (AvgIpc) is 2.66. The number of ether oxygens (including phenoxy) is 2. The summed E-state index contributed by atoms with van der Waals surface area (Å²) in [6, 6.07) is 11.9. The maximum Gasteiger partial charge on any atom is 0.238 e. The number of rotatable bonds is 9. The third kappa shape index (κ3) is 5.23. The van der Waals surface area contributed by atoms with Crippen LogP contribution in [0.25, 0.3) is 0 Å². The van der Waals surface area contributed by atoms with Gasteiger partial charge in [-0.3, -0.25) is 4.79 Å². The lowest BCUT2D eigenvalue weighted by Gasteiger charge is -2.13. The fourth-order valence-corrected chi connectivity index (χ4v) is 2.86. The van der Waals surface area contributed by atoms with Crippen LogP contribution in [0.1, 0.15) is 23.6 Å². The van der Waals surface area contributed by atoms with Crippen LogP contribution in [0.3, 0.4) is 0 Å². The predicted molar refractivity (Wildman–Crippen MR) is 105 cm³/mol. The molecule has 5 heteroatoms. The van der Waals surface area contributed by atoms with Gasteiger partial charge < -0.3 is 20.1 Å². The van der Waals surface area contributed by atoms with E-state index >= 15 is 0 Å². The fourth-order valence-electron chi connectivity index (χ4n) is 2.86. The molecule has 0 bridgehead atoms. The number of hydrogen-bond acceptors (Lipinski definition) is 4. The second-order valence-electron chi connectivity index (χ2n) is 6.13. The van der Waals surface area contributed by atoms with E-state index in [2.05, 4.69) is 17.6 Å². The summed E-state index contributed by atoms with van der Waals surface area (Å²) in [6.07, 6.45) is 1.70. The summed E-state index contributed by atoms with van der Waals surface area (Å²) in [5, 5.41) is 6.22. The van der Waals surface area contributed by atoms with Crippen molar-refractivity contribution in [3.63, 3.8) is 0 Å². The van der Waals surface area contributed by atoms with E-state index in [4.69, 9.17) is 9.47 Å². The molecule has 0 aliphatic heterocycles. The minimum atomic E-state index is -0.0266. The van der Waals surface area contributed by atoms with Crippen LogP contribution >= 0.6 is 0 Å². The van der Waals surface area contributed by atoms with Crippen LogP contribution in [-0.4, -0.2) is 33.2 Å². The number of hydrogen-bond donors (Lipinski definition) is 2. The van der Waals surface area contributed by atoms with E-state index in [9.17, 15) is 4.79 Å². The van der Waals surface area contributed by atoms with Crippen molar-refractivity contribution in [1.29, 1.82) is 0 Å². The first-order chi connectivity index (χ1) is 12.6. The zero-order chi connectivity index (χ0) is 18.9. The van der Waals surface area contributed by atoms with Crippen molar-refractivity contribution < 1.29 is 14.3 Å². The Hall–Kier alpha value is -2.53. The standard InChI is InChI=1S/C21H28N2O3/c1-5-17-8-6-7-15(2)21(17)23-20(24)14-22-12-11-16-9-10-18(25-3)19(13-16)26-4/h6-10,13,22H,5,11-12,14H2,1-4H3,(H,23,24). The van der Waals surface area contributed by atoms with Gasteiger partial charge in [-0.2, -0.15) is 0 Å². The Morgan fingerprint density at radius 3 is 2.54 bits per heavy atom. The molecule has 0 atom stereocenters. The molecule has 0 aliphatic rings. The molecule has 140 valence electrons. The van der Waals surface area contributed by atoms with Gasteiger partial charge in [-0.15, -0.1) is 0 Å². The van der Waals surface area contributed by atoms with Gasteiger partial charge in [0.25, 0.3) is 0 Å². The Labute approximate surface area is 155 Å². The van der Waals surface area contributed by atoms with Gasteiger partial charge in [0.1, 0.15) is 0 Å². The minimum absolute atomic E-state index is 0.0266. The third-order valence-corrected chi connectivity index (χ3v) is 4.33. The Morgan fingerprint density at radius 2 is 1.85 bits per heavy atom. The van der Waals surface area contributed by atoms with Crippen molar-refractivity contribution in [1.82, 2.24) is 5.32 Å². The first-order valence-corrected chi connectivity index (χ1v) is 8.89. The van der Waals surface area contributed by atoms with E-state index in [0.29, 0.717) is 12.3 Å². The second-order valence-corrected chi connectivity index (χ2v) is 6.13. The van der Waals surface area contributed by atoms with E-state index < -0.39 is 0 Å². The van der Waals surface area contributed by atoms with Crippen molar-refractivity contribution in [2.24, 2.45) is 0 Å². The molecule has 2 aromatic rings. The quantitative estimate of drug-likeness (QED) is 0.677. The summed E-state index contributed by atoms with van der Waals surface area (Å²) >= 11 is 0. The predicted octanol–water partition coefficient (Wildman–Crippen LogP) is 3.35. The molecule has 0 heterocycles. The summed E-state index contributed by atoms with van der Waals surface area (Å²) in [5.74, 6) is 1.41. The SMILES string of the molecule is CCc1cccc(C)c1NC(=O)CNCCc1ccc(OC)c(OC)c1. The zero-order valence-corrected chi connectivity index (χ0v) is 16.0. The lowest BCUT2D eigenvalue weighted by molar-refractivity contribution is -0.115. The van der Waals surface area contributed by atoms with Gasteiger partial charge in [-0.1, -0.05) is 31.2 Å². The van der Waals surface area contributed by atoms with Gasteiger partial charge >= 0.3 is 0 Å². The number of methoxy groups -OCH3 is 2. The van der Waals surface area contributed by atoms with Gasteiger partial charge in [0, 0.05) is 5.69 Å². The molecule has 1 amide bonds. The summed E-state index contributed by atoms with van der Waals surface area (Å²) in [5.41, 5.74) is 4.30. The number of amides is 1. The highest BCUT2D eigenvalue weighted by molar-refractivity contribution is 5.93. The summed E-state index contributed by atoms with van der Waals surface area (Å²) < 4.78 is 10.6. The summed E-state index contributed by atoms with van der Waals surface area (Å²) in [4.78, 5) is 12.2. The van der Waals surface area contributed by atoms with Crippen molar-refractivity contribution in [3.05, 3.63) is 53.1 Å². The molecule has 2 rings (SSSR count). The van der Waals surface area contributed by atoms with Crippen LogP contribution in [0.4, 0.5) is 5.69 Å². The zero-order valence-electron chi connectivity index (χ0n) is 16.0. The van der Waals surface area contributed by atoms with Crippen LogP contribution in [-0.2, 0) is 17.6 Å². The first kappa shape index (κ1) is 19.8. The maximum absolute atomic E-state index is 12.2. The van der Waals surface area contributed by atoms with Crippen LogP contribution in [0, 0.1) is 6.92 Å². The molecule has 5 nitrogen and oxygen atoms in total. The molecule has 0 unspecified atom stereocenters. The topological polar surface area (TPSA) is 59.6 Å². The molecule has 2 N–H and O–H groups in total. The Balaban J connectivity index is 1.82. The molecule has 26 heavy (non-hydrogen) atoms. The van der Waals surface area contributed by atoms with Gasteiger partial charge in [0.2, 0.25) is 5.91 Å². The summed E-state index contributed by atoms with van der Waals surface area (Å²) in [7, 11) is 3.25. The van der Waals surface area contributed by atoms with E-state index in [1.807, 2.05) is 43.3 Å². The number of nitrogens with one attached hydrogen (secondary N) is 2. The third-order valence-electron chi connectivity index (χ3n) is 4.33. The lowest BCUT2D eigenvalue weighted by Crippen LogP contribution is -2.30. The van der Waals surface area contributed by atoms with Crippen LogP contribution in [0.15, 0.2) is 36.4 Å². The van der Waals surface area contributed by atoms with Gasteiger partial charge in [-0.25, -0.2) is 0 Å². The normalized spacial score (nSPS) is 10.5. The number of benzene rings is 2. The first-order valence-electron chi connectivity index (χ1n) is 8.89. The van der Waals surface area contributed by atoms with E-state index in [0.717, 1.165) is 41.0 Å². The van der Waals surface area contributed by atoms with Crippen molar-refractivity contribution in [2.75, 3.05) is 32.6 Å². The number of aryl methyl sites for hydroxylation is 2. The minimum Gasteiger partial charge on any atom is -0.493 e. The fraction of sp³-hybridized carbons (Fsp3) is 0.381. The Kier molecular flexibility index (Phi) is 7.48. The molecule has 2 aromatic carbocycles. The number of para-hydroxylation sites is 1. The molecular formula is C21H28N2O3. The van der Waals surface area contributed by atoms with Crippen molar-refractivity contribution in [3.8, 4) is 11.5 Å². The smallest absolute Gasteiger partial charge is 0.238 e. The maximum atomic E-state index is 12.2. The van der Waals surface area contributed by atoms with Gasteiger partial charge in [-0.05, 0) is 55.1 Å². The average molecular weight is 356 g/mol. The largest absolute Gasteiger partial charge is 0.493 e. The molecule has 0 aromatic heterocycles. The number of carbonyl (C=O) groups excluding carboxylic acids is 1. The van der Waals surface area contributed by atoms with E-state index in [-0.39, 0.29) is 12.5 Å². The van der Waals surface area contributed by atoms with Crippen molar-refractivity contribution >= 4 is 11.6 Å². The van der Waals surface area contributed by atoms with Crippen LogP contribution in [0.5, 0.6) is 11.5 Å². The van der Waals surface area contributed by atoms with Gasteiger partial charge in [0.15, 0.2) is 11.5 Å². The van der Waals surface area contributed by atoms with E-state index in [1.54, 1.807) is 14.2 Å². The lowest BCUT2D eigenvalue weighted by atomic mass is 10.1. The molecule has 0 aliphatic carbocycles. The van der Waals surface area contributed by atoms with Gasteiger partial charge in [0.05, 0.1) is 20.8 Å². The Bertz CT molecular complexity index is 744. The highest BCUT2D eigenvalue weighted by Gasteiger charge is 2.09. The second kappa shape index (κ2) is 9.82. The highest BCUT2D eigenvalue weighted by atomic mass is 16.5. The number of anilines is 1. The Morgan fingerprint density at radius 1 is 1.08 bits per heavy atom. The summed E-state index contributed by atoms with van der Waals surface area (Å²) in [6.45, 7) is 5.09. The molecule has 0 saturated carbocycles. The van der Waals surface area contributed by atoms with E-state index in [1.165, 1.54) is 0 Å². The van der Waals surface area contributed by atoms with Crippen LogP contribution in [0.2, 0.25) is 0 Å². The highest BCUT2D eigenvalue weighted by Crippen LogP contribution is 2.27. The molecule has 0 spiro atoms. The van der Waals surface area contributed by atoms with Crippen molar-refractivity contribution in [2.45, 2.75) is 26.7 Å². The number of carbonyl (C=O) groups is 1. The molecular weight excluding hydrogens is 328 g/mol. The van der Waals surface area contributed by atoms with Crippen LogP contribution < -0.4 is 20.1 Å². The molecule has 0 fully saturated rings. The molecule has 0 radical (unpaired) electrons. The monoisotopic (exact) mass is 356 g/mol.